The maximum atomic E-state index is 11.9. The molecule has 116 valence electrons. The Hall–Kier alpha value is -2.00. The molecule has 0 spiro atoms. The zero-order valence-electron chi connectivity index (χ0n) is 12.0. The van der Waals surface area contributed by atoms with Gasteiger partial charge in [-0.3, -0.25) is 14.0 Å². The number of rotatable bonds is 3. The summed E-state index contributed by atoms with van der Waals surface area (Å²) in [6.07, 6.45) is 5.36. The third kappa shape index (κ3) is 3.67. The molecule has 0 N–H and O–H groups in total. The maximum absolute atomic E-state index is 11.9. The highest BCUT2D eigenvalue weighted by Gasteiger charge is 2.04. The van der Waals surface area contributed by atoms with E-state index in [1.165, 1.54) is 28.7 Å². The summed E-state index contributed by atoms with van der Waals surface area (Å²) in [4.78, 5) is 28.0. The van der Waals surface area contributed by atoms with E-state index in [0.29, 0.717) is 16.4 Å². The molecule has 23 heavy (non-hydrogen) atoms. The Balaban J connectivity index is 1.88. The van der Waals surface area contributed by atoms with Crippen LogP contribution < -0.4 is 10.3 Å². The molecular weight excluding hydrogens is 427 g/mol. The number of fused-ring (bicyclic) bond motifs is 1. The number of esters is 1. The van der Waals surface area contributed by atoms with Gasteiger partial charge in [0.1, 0.15) is 5.75 Å². The lowest BCUT2D eigenvalue weighted by molar-refractivity contribution is -0.131. The molecule has 0 saturated carbocycles. The molecule has 0 unspecified atom stereocenters. The van der Waals surface area contributed by atoms with Crippen LogP contribution in [0.3, 0.4) is 0 Å². The minimum atomic E-state index is -0.347. The molecule has 1 aromatic carbocycles. The molecule has 0 aliphatic heterocycles. The van der Waals surface area contributed by atoms with Crippen LogP contribution in [-0.4, -0.2) is 15.4 Å². The first-order valence-corrected chi connectivity index (χ1v) is 8.62. The van der Waals surface area contributed by atoms with Gasteiger partial charge in [0.05, 0.1) is 9.26 Å². The van der Waals surface area contributed by atoms with Gasteiger partial charge in [0.2, 0.25) is 0 Å². The zero-order valence-corrected chi connectivity index (χ0v) is 15.0. The Labute approximate surface area is 149 Å². The van der Waals surface area contributed by atoms with Gasteiger partial charge in [-0.2, -0.15) is 0 Å². The third-order valence-corrected chi connectivity index (χ3v) is 4.58. The van der Waals surface area contributed by atoms with Gasteiger partial charge >= 0.3 is 5.97 Å². The lowest BCUT2D eigenvalue weighted by atomic mass is 10.2. The van der Waals surface area contributed by atoms with Crippen LogP contribution in [0.15, 0.2) is 40.6 Å². The standard InChI is InChI=1S/C16H11IN2O3S/c1-10(20)22-14-5-3-11(8-13(14)17)2-4-12-9-15(21)19-6-7-23-16(19)18-12/h2-9H,1H3/b4-2+. The van der Waals surface area contributed by atoms with E-state index in [4.69, 9.17) is 4.74 Å². The summed E-state index contributed by atoms with van der Waals surface area (Å²) in [5.41, 5.74) is 1.44. The van der Waals surface area contributed by atoms with E-state index in [1.807, 2.05) is 23.6 Å². The summed E-state index contributed by atoms with van der Waals surface area (Å²) < 4.78 is 7.44. The SMILES string of the molecule is CC(=O)Oc1ccc(/C=C/c2cc(=O)n3ccsc3n2)cc1I. The van der Waals surface area contributed by atoms with Crippen molar-refractivity contribution in [1.29, 1.82) is 0 Å². The average Bonchev–Trinajstić information content (AvgIpc) is 2.96. The molecule has 0 atom stereocenters. The first-order valence-electron chi connectivity index (χ1n) is 6.66. The number of nitrogens with zero attached hydrogens (tertiary/aromatic N) is 2. The fourth-order valence-corrected chi connectivity index (χ4v) is 3.36. The quantitative estimate of drug-likeness (QED) is 0.357. The van der Waals surface area contributed by atoms with Crippen LogP contribution in [0.5, 0.6) is 5.75 Å². The van der Waals surface area contributed by atoms with Gasteiger partial charge in [-0.15, -0.1) is 11.3 Å². The van der Waals surface area contributed by atoms with Gasteiger partial charge in [0.25, 0.3) is 5.56 Å². The van der Waals surface area contributed by atoms with Crippen LogP contribution in [0.4, 0.5) is 0 Å². The van der Waals surface area contributed by atoms with Gasteiger partial charge in [0, 0.05) is 24.6 Å². The Morgan fingerprint density at radius 2 is 2.17 bits per heavy atom. The highest BCUT2D eigenvalue weighted by molar-refractivity contribution is 14.1. The van der Waals surface area contributed by atoms with Crippen LogP contribution in [-0.2, 0) is 4.79 Å². The van der Waals surface area contributed by atoms with Gasteiger partial charge in [-0.25, -0.2) is 4.98 Å². The maximum Gasteiger partial charge on any atom is 0.308 e. The fourth-order valence-electron chi connectivity index (χ4n) is 1.98. The molecule has 0 aliphatic carbocycles. The van der Waals surface area contributed by atoms with Gasteiger partial charge in [-0.05, 0) is 46.4 Å². The van der Waals surface area contributed by atoms with Crippen molar-refractivity contribution >= 4 is 57.0 Å². The van der Waals surface area contributed by atoms with Gasteiger partial charge in [-0.1, -0.05) is 12.1 Å². The molecule has 5 nitrogen and oxygen atoms in total. The summed E-state index contributed by atoms with van der Waals surface area (Å²) in [6.45, 7) is 1.37. The second-order valence-electron chi connectivity index (χ2n) is 4.69. The van der Waals surface area contributed by atoms with Crippen molar-refractivity contribution in [3.05, 3.63) is 61.0 Å². The number of benzene rings is 1. The van der Waals surface area contributed by atoms with E-state index < -0.39 is 0 Å². The Bertz CT molecular complexity index is 975. The fraction of sp³-hybridized carbons (Fsp3) is 0.0625. The zero-order chi connectivity index (χ0) is 16.4. The van der Waals surface area contributed by atoms with E-state index in [0.717, 1.165) is 9.13 Å². The van der Waals surface area contributed by atoms with Crippen LogP contribution in [0.1, 0.15) is 18.2 Å². The minimum Gasteiger partial charge on any atom is -0.426 e. The van der Waals surface area contributed by atoms with E-state index in [2.05, 4.69) is 27.6 Å². The minimum absolute atomic E-state index is 0.101. The van der Waals surface area contributed by atoms with Crippen LogP contribution in [0.2, 0.25) is 0 Å². The largest absolute Gasteiger partial charge is 0.426 e. The second-order valence-corrected chi connectivity index (χ2v) is 6.73. The summed E-state index contributed by atoms with van der Waals surface area (Å²) >= 11 is 3.53. The molecular formula is C16H11IN2O3S. The average molecular weight is 438 g/mol. The van der Waals surface area contributed by atoms with E-state index in [-0.39, 0.29) is 11.5 Å². The van der Waals surface area contributed by atoms with E-state index >= 15 is 0 Å². The van der Waals surface area contributed by atoms with Crippen LogP contribution >= 0.6 is 33.9 Å². The van der Waals surface area contributed by atoms with Crippen molar-refractivity contribution < 1.29 is 9.53 Å². The molecule has 3 rings (SSSR count). The third-order valence-electron chi connectivity index (χ3n) is 2.98. The predicted octanol–water partition coefficient (Wildman–Crippen LogP) is 3.46. The van der Waals surface area contributed by atoms with Crippen molar-refractivity contribution in [2.75, 3.05) is 0 Å². The number of carbonyl (C=O) groups excluding carboxylic acids is 1. The summed E-state index contributed by atoms with van der Waals surface area (Å²) in [5.74, 6) is 0.187. The highest BCUT2D eigenvalue weighted by atomic mass is 127. The number of aromatic nitrogens is 2. The molecule has 0 saturated heterocycles. The first-order chi connectivity index (χ1) is 11.0. The molecule has 0 radical (unpaired) electrons. The predicted molar refractivity (Wildman–Crippen MR) is 98.7 cm³/mol. The van der Waals surface area contributed by atoms with E-state index in [9.17, 15) is 9.59 Å². The number of thiazole rings is 1. The van der Waals surface area contributed by atoms with Crippen LogP contribution in [0.25, 0.3) is 17.1 Å². The number of carbonyl (C=O) groups is 1. The van der Waals surface area contributed by atoms with Crippen LogP contribution in [0, 0.1) is 3.57 Å². The van der Waals surface area contributed by atoms with Crippen molar-refractivity contribution in [3.63, 3.8) is 0 Å². The molecule has 2 heterocycles. The molecule has 3 aromatic rings. The molecule has 0 aliphatic rings. The van der Waals surface area contributed by atoms with Gasteiger partial charge in [0.15, 0.2) is 4.96 Å². The molecule has 0 amide bonds. The Morgan fingerprint density at radius 3 is 2.91 bits per heavy atom. The first kappa shape index (κ1) is 15.9. The van der Waals surface area contributed by atoms with Crippen molar-refractivity contribution in [2.45, 2.75) is 6.92 Å². The van der Waals surface area contributed by atoms with Crippen molar-refractivity contribution in [1.82, 2.24) is 9.38 Å². The topological polar surface area (TPSA) is 60.7 Å². The number of ether oxygens (including phenoxy) is 1. The van der Waals surface area contributed by atoms with Crippen molar-refractivity contribution in [2.24, 2.45) is 0 Å². The number of halogens is 1. The smallest absolute Gasteiger partial charge is 0.308 e. The van der Waals surface area contributed by atoms with E-state index in [1.54, 1.807) is 18.3 Å². The summed E-state index contributed by atoms with van der Waals surface area (Å²) in [6, 6.07) is 6.97. The Morgan fingerprint density at radius 1 is 1.35 bits per heavy atom. The normalized spacial score (nSPS) is 11.2. The monoisotopic (exact) mass is 438 g/mol. The van der Waals surface area contributed by atoms with Crippen molar-refractivity contribution in [3.8, 4) is 5.75 Å². The molecule has 2 aromatic heterocycles. The Kier molecular flexibility index (Phi) is 4.58. The number of hydrogen-bond donors (Lipinski definition) is 0. The molecule has 7 heteroatoms. The second kappa shape index (κ2) is 6.63. The van der Waals surface area contributed by atoms with Gasteiger partial charge < -0.3 is 4.74 Å². The highest BCUT2D eigenvalue weighted by Crippen LogP contribution is 2.23. The molecule has 0 fully saturated rings. The lowest BCUT2D eigenvalue weighted by Gasteiger charge is -2.04. The lowest BCUT2D eigenvalue weighted by Crippen LogP contribution is -2.11. The number of hydrogen-bond acceptors (Lipinski definition) is 5. The summed E-state index contributed by atoms with van der Waals surface area (Å²) in [5, 5.41) is 1.83. The summed E-state index contributed by atoms with van der Waals surface area (Å²) in [7, 11) is 0. The molecule has 0 bridgehead atoms.